The molecule has 0 aliphatic carbocycles. The van der Waals surface area contributed by atoms with Crippen molar-refractivity contribution in [3.8, 4) is 23.0 Å². The largest absolute Gasteiger partial charge is 0.507 e. The molecule has 2 unspecified atom stereocenters. The fraction of sp³-hybridized carbons (Fsp3) is 0.452. The molecule has 8 nitrogen and oxygen atoms in total. The highest BCUT2D eigenvalue weighted by Crippen LogP contribution is 2.48. The Balaban J connectivity index is 1.80. The third kappa shape index (κ3) is 6.61. The highest BCUT2D eigenvalue weighted by molar-refractivity contribution is 5.98. The summed E-state index contributed by atoms with van der Waals surface area (Å²) < 4.78 is 22.6. The van der Waals surface area contributed by atoms with Gasteiger partial charge in [0.05, 0.1) is 25.7 Å². The van der Waals surface area contributed by atoms with Crippen LogP contribution in [0.2, 0.25) is 0 Å². The molecule has 0 fully saturated rings. The predicted molar refractivity (Wildman–Crippen MR) is 146 cm³/mol. The van der Waals surface area contributed by atoms with Crippen LogP contribution in [-0.4, -0.2) is 42.1 Å². The van der Waals surface area contributed by atoms with Gasteiger partial charge in [-0.15, -0.1) is 0 Å². The zero-order valence-corrected chi connectivity index (χ0v) is 23.0. The molecule has 0 amide bonds. The van der Waals surface area contributed by atoms with Crippen molar-refractivity contribution < 1.29 is 38.4 Å². The maximum Gasteiger partial charge on any atom is 0.342 e. The molecular weight excluding hydrogens is 500 g/mol. The number of allylic oxidation sites excluding steroid dienone is 1. The van der Waals surface area contributed by atoms with Crippen LogP contribution < -0.4 is 14.2 Å². The van der Waals surface area contributed by atoms with Crippen LogP contribution in [-0.2, 0) is 14.3 Å². The molecule has 208 valence electrons. The summed E-state index contributed by atoms with van der Waals surface area (Å²) in [6, 6.07) is 6.97. The van der Waals surface area contributed by atoms with Gasteiger partial charge in [-0.1, -0.05) is 18.2 Å². The Labute approximate surface area is 228 Å². The molecule has 0 bridgehead atoms. The first kappa shape index (κ1) is 28.2. The zero-order chi connectivity index (χ0) is 28.1. The van der Waals surface area contributed by atoms with E-state index in [0.717, 1.165) is 0 Å². The van der Waals surface area contributed by atoms with Gasteiger partial charge in [0.25, 0.3) is 0 Å². The lowest BCUT2D eigenvalue weighted by molar-refractivity contribution is -0.135. The first-order valence-corrected chi connectivity index (χ1v) is 13.5. The van der Waals surface area contributed by atoms with E-state index in [1.54, 1.807) is 31.2 Å². The number of Topliss-reactive ketones (excluding diaryl/α,β-unsaturated/α-hetero) is 1. The van der Waals surface area contributed by atoms with Gasteiger partial charge in [-0.05, 0) is 75.8 Å². The van der Waals surface area contributed by atoms with E-state index in [2.05, 4.69) is 0 Å². The molecule has 0 spiro atoms. The van der Waals surface area contributed by atoms with E-state index in [9.17, 15) is 19.5 Å². The minimum Gasteiger partial charge on any atom is -0.507 e. The molecule has 2 aromatic rings. The normalized spacial score (nSPS) is 20.4. The van der Waals surface area contributed by atoms with Crippen LogP contribution in [0.15, 0.2) is 30.3 Å². The van der Waals surface area contributed by atoms with Gasteiger partial charge in [-0.25, -0.2) is 4.79 Å². The number of aromatic hydroxyl groups is 1. The summed E-state index contributed by atoms with van der Waals surface area (Å²) in [6.45, 7) is 5.60. The van der Waals surface area contributed by atoms with Gasteiger partial charge in [0.15, 0.2) is 11.5 Å². The summed E-state index contributed by atoms with van der Waals surface area (Å²) in [5.41, 5.74) is 1.47. The topological polar surface area (TPSA) is 108 Å². The molecule has 2 atom stereocenters. The summed E-state index contributed by atoms with van der Waals surface area (Å²) in [6.07, 6.45) is 6.46. The Bertz CT molecular complexity index is 1280. The third-order valence-corrected chi connectivity index (χ3v) is 6.93. The number of cyclic esters (lactones) is 1. The van der Waals surface area contributed by atoms with Gasteiger partial charge >= 0.3 is 11.9 Å². The van der Waals surface area contributed by atoms with Crippen LogP contribution in [0.3, 0.4) is 0 Å². The van der Waals surface area contributed by atoms with Crippen LogP contribution >= 0.6 is 0 Å². The van der Waals surface area contributed by atoms with Gasteiger partial charge in [-0.3, -0.25) is 9.59 Å². The van der Waals surface area contributed by atoms with Crippen molar-refractivity contribution in [1.29, 1.82) is 0 Å². The molecule has 0 saturated carbocycles. The average Bonchev–Trinajstić information content (AvgIpc) is 2.87. The van der Waals surface area contributed by atoms with Crippen LogP contribution in [0.5, 0.6) is 23.0 Å². The van der Waals surface area contributed by atoms with E-state index in [1.807, 2.05) is 26.0 Å². The number of fused-ring (bicyclic) bond motifs is 2. The van der Waals surface area contributed by atoms with Gasteiger partial charge in [0, 0.05) is 24.3 Å². The Kier molecular flexibility index (Phi) is 8.94. The zero-order valence-electron chi connectivity index (χ0n) is 23.0. The van der Waals surface area contributed by atoms with Crippen molar-refractivity contribution >= 4 is 23.8 Å². The quantitative estimate of drug-likeness (QED) is 0.368. The lowest BCUT2D eigenvalue weighted by atomic mass is 9.83. The van der Waals surface area contributed by atoms with Crippen molar-refractivity contribution in [3.63, 3.8) is 0 Å². The van der Waals surface area contributed by atoms with Crippen molar-refractivity contribution in [2.45, 2.75) is 83.8 Å². The van der Waals surface area contributed by atoms with Crippen molar-refractivity contribution in [3.05, 3.63) is 52.6 Å². The Morgan fingerprint density at radius 3 is 2.56 bits per heavy atom. The molecule has 2 heterocycles. The fourth-order valence-corrected chi connectivity index (χ4v) is 5.06. The van der Waals surface area contributed by atoms with E-state index < -0.39 is 24.0 Å². The number of carbonyl (C=O) groups is 3. The summed E-state index contributed by atoms with van der Waals surface area (Å²) in [5.74, 6) is -0.526. The highest BCUT2D eigenvalue weighted by atomic mass is 16.5. The number of ketones is 1. The van der Waals surface area contributed by atoms with E-state index in [0.29, 0.717) is 66.7 Å². The second kappa shape index (κ2) is 12.4. The molecule has 0 aromatic heterocycles. The SMILES string of the molecule is COc1cc(C2CC(=O)Oc3cc4c(c(O)c32)C(=O)OC(C)CCCC(=O)CCCC=C4)ccc1OC(C)C. The van der Waals surface area contributed by atoms with E-state index in [4.69, 9.17) is 18.9 Å². The second-order valence-electron chi connectivity index (χ2n) is 10.4. The molecule has 0 radical (unpaired) electrons. The van der Waals surface area contributed by atoms with Crippen LogP contribution in [0.4, 0.5) is 0 Å². The number of ether oxygens (including phenoxy) is 4. The Hall–Kier alpha value is -3.81. The molecular formula is C31H36O8. The number of benzene rings is 2. The number of carbonyl (C=O) groups excluding carboxylic acids is 3. The van der Waals surface area contributed by atoms with Gasteiger partial charge in [0.1, 0.15) is 22.8 Å². The molecule has 2 aliphatic rings. The number of rotatable bonds is 4. The molecule has 8 heteroatoms. The molecule has 2 aromatic carbocycles. The summed E-state index contributed by atoms with van der Waals surface area (Å²) in [7, 11) is 1.54. The number of phenolic OH excluding ortho intramolecular Hbond substituents is 1. The molecule has 39 heavy (non-hydrogen) atoms. The van der Waals surface area contributed by atoms with Crippen molar-refractivity contribution in [1.82, 2.24) is 0 Å². The maximum atomic E-state index is 13.4. The minimum atomic E-state index is -0.667. The van der Waals surface area contributed by atoms with Gasteiger partial charge < -0.3 is 24.1 Å². The number of methoxy groups -OCH3 is 1. The lowest BCUT2D eigenvalue weighted by Gasteiger charge is -2.28. The first-order valence-electron chi connectivity index (χ1n) is 13.5. The van der Waals surface area contributed by atoms with Crippen LogP contribution in [0, 0.1) is 0 Å². The van der Waals surface area contributed by atoms with Gasteiger partial charge in [0.2, 0.25) is 0 Å². The van der Waals surface area contributed by atoms with Crippen LogP contribution in [0.25, 0.3) is 6.08 Å². The van der Waals surface area contributed by atoms with E-state index in [1.165, 1.54) is 7.11 Å². The highest BCUT2D eigenvalue weighted by Gasteiger charge is 2.36. The van der Waals surface area contributed by atoms with Crippen molar-refractivity contribution in [2.75, 3.05) is 7.11 Å². The Morgan fingerprint density at radius 2 is 1.82 bits per heavy atom. The monoisotopic (exact) mass is 536 g/mol. The van der Waals surface area contributed by atoms with Crippen LogP contribution in [0.1, 0.15) is 98.7 Å². The van der Waals surface area contributed by atoms with E-state index >= 15 is 0 Å². The Morgan fingerprint density at radius 1 is 1.05 bits per heavy atom. The summed E-state index contributed by atoms with van der Waals surface area (Å²) >= 11 is 0. The minimum absolute atomic E-state index is 0.0256. The molecule has 4 rings (SSSR count). The van der Waals surface area contributed by atoms with Crippen molar-refractivity contribution in [2.24, 2.45) is 0 Å². The summed E-state index contributed by atoms with van der Waals surface area (Å²) in [5, 5.41) is 11.6. The predicted octanol–water partition coefficient (Wildman–Crippen LogP) is 6.11. The number of hydrogen-bond donors (Lipinski definition) is 1. The second-order valence-corrected chi connectivity index (χ2v) is 10.4. The lowest BCUT2D eigenvalue weighted by Crippen LogP contribution is -2.23. The molecule has 1 N–H and O–H groups in total. The van der Waals surface area contributed by atoms with E-state index in [-0.39, 0.29) is 35.4 Å². The summed E-state index contributed by atoms with van der Waals surface area (Å²) in [4.78, 5) is 38.1. The first-order chi connectivity index (χ1) is 18.7. The smallest absolute Gasteiger partial charge is 0.342 e. The molecule has 2 aliphatic heterocycles. The number of hydrogen-bond acceptors (Lipinski definition) is 8. The third-order valence-electron chi connectivity index (χ3n) is 6.93. The van der Waals surface area contributed by atoms with Gasteiger partial charge in [-0.2, -0.15) is 0 Å². The average molecular weight is 537 g/mol. The fourth-order valence-electron chi connectivity index (χ4n) is 5.06. The number of esters is 2. The molecule has 0 saturated heterocycles. The standard InChI is InChI=1S/C31H36O8/c1-18(2)37-24-14-13-20(15-25(24)36-4)23-17-27(33)39-26-16-21-10-6-5-7-11-22(32)12-8-9-19(3)38-31(35)28(21)30(34)29(23)26/h6,10,13-16,18-19,23,34H,5,7-9,11-12,17H2,1-4H3. The maximum absolute atomic E-state index is 13.4. The number of phenols is 1.